The maximum absolute atomic E-state index is 12.9. The van der Waals surface area contributed by atoms with Crippen molar-refractivity contribution in [3.63, 3.8) is 0 Å². The van der Waals surface area contributed by atoms with Crippen molar-refractivity contribution in [1.29, 1.82) is 0 Å². The number of benzene rings is 1. The normalized spacial score (nSPS) is 11.2. The number of aryl methyl sites for hydroxylation is 1. The minimum Gasteiger partial charge on any atom is -0.480 e. The van der Waals surface area contributed by atoms with Crippen molar-refractivity contribution >= 4 is 35.0 Å². The molecule has 0 bridgehead atoms. The molecule has 24 heavy (non-hydrogen) atoms. The van der Waals surface area contributed by atoms with Crippen LogP contribution in [0.5, 0.6) is 0 Å². The quantitative estimate of drug-likeness (QED) is 0.753. The number of nitrogens with zero attached hydrogens (tertiary/aromatic N) is 2. The van der Waals surface area contributed by atoms with E-state index in [1.165, 1.54) is 0 Å². The first kappa shape index (κ1) is 17.8. The Morgan fingerprint density at radius 2 is 2.00 bits per heavy atom. The van der Waals surface area contributed by atoms with Gasteiger partial charge in [0, 0.05) is 6.07 Å². The molecule has 1 heterocycles. The summed E-state index contributed by atoms with van der Waals surface area (Å²) in [5, 5.41) is 13.8. The Labute approximate surface area is 139 Å². The molecule has 1 aromatic carbocycles. The molecule has 10 heteroatoms. The molecule has 2 aromatic rings. The summed E-state index contributed by atoms with van der Waals surface area (Å²) in [5.41, 5.74) is 0.0300. The van der Waals surface area contributed by atoms with Crippen molar-refractivity contribution in [1.82, 2.24) is 9.97 Å². The number of aliphatic carboxylic acids is 1. The molecule has 6 nitrogen and oxygen atoms in total. The van der Waals surface area contributed by atoms with E-state index < -0.39 is 30.3 Å². The van der Waals surface area contributed by atoms with Crippen molar-refractivity contribution in [2.45, 2.75) is 13.1 Å². The topological polar surface area (TPSA) is 87.1 Å². The smallest absolute Gasteiger partial charge is 0.433 e. The van der Waals surface area contributed by atoms with Crippen LogP contribution in [0.25, 0.3) is 0 Å². The van der Waals surface area contributed by atoms with Gasteiger partial charge in [0.25, 0.3) is 0 Å². The number of rotatable bonds is 5. The molecule has 3 N–H and O–H groups in total. The van der Waals surface area contributed by atoms with Crippen molar-refractivity contribution in [2.75, 3.05) is 17.2 Å². The first-order valence-electron chi connectivity index (χ1n) is 6.60. The lowest BCUT2D eigenvalue weighted by Crippen LogP contribution is -2.17. The monoisotopic (exact) mass is 360 g/mol. The predicted octanol–water partition coefficient (Wildman–Crippen LogP) is 3.70. The number of carboxylic acids is 1. The number of halogens is 4. The van der Waals surface area contributed by atoms with Crippen LogP contribution in [0.15, 0.2) is 24.3 Å². The number of hydrogen-bond acceptors (Lipinski definition) is 5. The van der Waals surface area contributed by atoms with E-state index in [-0.39, 0.29) is 5.82 Å². The van der Waals surface area contributed by atoms with E-state index in [9.17, 15) is 18.0 Å². The largest absolute Gasteiger partial charge is 0.480 e. The van der Waals surface area contributed by atoms with Crippen LogP contribution in [0.4, 0.5) is 30.6 Å². The van der Waals surface area contributed by atoms with Gasteiger partial charge in [-0.05, 0) is 24.6 Å². The molecule has 0 aliphatic carbocycles. The van der Waals surface area contributed by atoms with Gasteiger partial charge in [-0.15, -0.1) is 0 Å². The van der Waals surface area contributed by atoms with Crippen molar-refractivity contribution in [3.05, 3.63) is 40.5 Å². The Balaban J connectivity index is 2.36. The van der Waals surface area contributed by atoms with Gasteiger partial charge in [0.05, 0.1) is 10.7 Å². The van der Waals surface area contributed by atoms with Gasteiger partial charge in [0.2, 0.25) is 5.95 Å². The van der Waals surface area contributed by atoms with Crippen LogP contribution in [0.3, 0.4) is 0 Å². The molecule has 0 aliphatic heterocycles. The van der Waals surface area contributed by atoms with Crippen LogP contribution in [0.2, 0.25) is 5.02 Å². The average Bonchev–Trinajstić information content (AvgIpc) is 2.47. The van der Waals surface area contributed by atoms with Crippen LogP contribution < -0.4 is 10.6 Å². The second-order valence-corrected chi connectivity index (χ2v) is 5.22. The van der Waals surface area contributed by atoms with E-state index in [2.05, 4.69) is 20.6 Å². The van der Waals surface area contributed by atoms with Gasteiger partial charge in [-0.3, -0.25) is 4.79 Å². The zero-order valence-corrected chi connectivity index (χ0v) is 13.0. The Hall–Kier alpha value is -2.55. The SMILES string of the molecule is Cc1ccc(Nc2cc(C(F)(F)F)nc(NCC(=O)O)n2)c(Cl)c1. The van der Waals surface area contributed by atoms with Gasteiger partial charge in [-0.25, -0.2) is 4.98 Å². The van der Waals surface area contributed by atoms with E-state index >= 15 is 0 Å². The lowest BCUT2D eigenvalue weighted by Gasteiger charge is -2.13. The fraction of sp³-hybridized carbons (Fsp3) is 0.214. The fourth-order valence-electron chi connectivity index (χ4n) is 1.75. The Morgan fingerprint density at radius 3 is 2.58 bits per heavy atom. The number of anilines is 3. The average molecular weight is 361 g/mol. The van der Waals surface area contributed by atoms with Gasteiger partial charge >= 0.3 is 12.1 Å². The summed E-state index contributed by atoms with van der Waals surface area (Å²) in [6, 6.07) is 5.67. The second kappa shape index (κ2) is 6.91. The van der Waals surface area contributed by atoms with E-state index in [0.717, 1.165) is 5.56 Å². The van der Waals surface area contributed by atoms with Crippen LogP contribution in [-0.2, 0) is 11.0 Å². The van der Waals surface area contributed by atoms with Crippen molar-refractivity contribution in [2.24, 2.45) is 0 Å². The Morgan fingerprint density at radius 1 is 1.29 bits per heavy atom. The summed E-state index contributed by atoms with van der Waals surface area (Å²) in [6.07, 6.45) is -4.71. The minimum atomic E-state index is -4.71. The number of carbonyl (C=O) groups is 1. The fourth-order valence-corrected chi connectivity index (χ4v) is 2.03. The number of carboxylic acid groups (broad SMARTS) is 1. The molecule has 0 spiro atoms. The third-order valence-electron chi connectivity index (χ3n) is 2.80. The molecule has 1 aromatic heterocycles. The number of aromatic nitrogens is 2. The van der Waals surface area contributed by atoms with Crippen LogP contribution in [-0.4, -0.2) is 27.6 Å². The summed E-state index contributed by atoms with van der Waals surface area (Å²) in [5.74, 6) is -1.89. The molecule has 0 atom stereocenters. The molecule has 0 aliphatic rings. The van der Waals surface area contributed by atoms with Gasteiger partial charge in [-0.1, -0.05) is 17.7 Å². The second-order valence-electron chi connectivity index (χ2n) is 4.82. The molecular weight excluding hydrogens is 349 g/mol. The van der Waals surface area contributed by atoms with Crippen molar-refractivity contribution in [3.8, 4) is 0 Å². The lowest BCUT2D eigenvalue weighted by atomic mass is 10.2. The van der Waals surface area contributed by atoms with E-state index in [1.54, 1.807) is 18.2 Å². The molecular formula is C14H12ClF3N4O2. The van der Waals surface area contributed by atoms with Gasteiger partial charge in [0.1, 0.15) is 12.4 Å². The molecule has 128 valence electrons. The molecule has 0 saturated heterocycles. The first-order chi connectivity index (χ1) is 11.1. The first-order valence-corrected chi connectivity index (χ1v) is 6.98. The summed E-state index contributed by atoms with van der Waals surface area (Å²) in [4.78, 5) is 17.6. The van der Waals surface area contributed by atoms with Crippen LogP contribution >= 0.6 is 11.6 Å². The third kappa shape index (κ3) is 4.72. The number of hydrogen-bond donors (Lipinski definition) is 3. The number of alkyl halides is 3. The number of nitrogens with one attached hydrogen (secondary N) is 2. The highest BCUT2D eigenvalue weighted by Crippen LogP contribution is 2.31. The van der Waals surface area contributed by atoms with Crippen molar-refractivity contribution < 1.29 is 23.1 Å². The predicted molar refractivity (Wildman–Crippen MR) is 82.6 cm³/mol. The minimum absolute atomic E-state index is 0.170. The maximum atomic E-state index is 12.9. The summed E-state index contributed by atoms with van der Waals surface area (Å²) < 4.78 is 38.8. The highest BCUT2D eigenvalue weighted by atomic mass is 35.5. The molecule has 0 amide bonds. The Bertz CT molecular complexity index is 768. The van der Waals surface area contributed by atoms with Crippen LogP contribution in [0.1, 0.15) is 11.3 Å². The van der Waals surface area contributed by atoms with Gasteiger partial charge in [0.15, 0.2) is 5.69 Å². The summed E-state index contributed by atoms with van der Waals surface area (Å²) in [6.45, 7) is 1.20. The zero-order chi connectivity index (χ0) is 17.9. The summed E-state index contributed by atoms with van der Waals surface area (Å²) >= 11 is 6.03. The highest BCUT2D eigenvalue weighted by Gasteiger charge is 2.33. The standard InChI is InChI=1S/C14H12ClF3N4O2/c1-7-2-3-9(8(15)4-7)20-11-5-10(14(16,17)18)21-13(22-11)19-6-12(23)24/h2-5H,6H2,1H3,(H,23,24)(H2,19,20,21,22). The van der Waals surface area contributed by atoms with E-state index in [0.29, 0.717) is 16.8 Å². The maximum Gasteiger partial charge on any atom is 0.433 e. The molecule has 0 radical (unpaired) electrons. The third-order valence-corrected chi connectivity index (χ3v) is 3.11. The highest BCUT2D eigenvalue weighted by molar-refractivity contribution is 6.33. The molecule has 2 rings (SSSR count). The zero-order valence-electron chi connectivity index (χ0n) is 12.3. The van der Waals surface area contributed by atoms with Gasteiger partial charge in [-0.2, -0.15) is 18.2 Å². The van der Waals surface area contributed by atoms with E-state index in [1.807, 2.05) is 6.92 Å². The van der Waals surface area contributed by atoms with E-state index in [4.69, 9.17) is 16.7 Å². The Kier molecular flexibility index (Phi) is 5.13. The lowest BCUT2D eigenvalue weighted by molar-refractivity contribution is -0.141. The summed E-state index contributed by atoms with van der Waals surface area (Å²) in [7, 11) is 0. The molecule has 0 saturated carbocycles. The molecule has 0 fully saturated rings. The molecule has 0 unspecified atom stereocenters. The van der Waals surface area contributed by atoms with Gasteiger partial charge < -0.3 is 15.7 Å². The van der Waals surface area contributed by atoms with Crippen LogP contribution in [0, 0.1) is 6.92 Å².